The van der Waals surface area contributed by atoms with Gasteiger partial charge in [-0.1, -0.05) is 24.3 Å². The zero-order chi connectivity index (χ0) is 18.3. The summed E-state index contributed by atoms with van der Waals surface area (Å²) in [6, 6.07) is 13.8. The topological polar surface area (TPSA) is 32.3 Å². The molecule has 2 aromatic carbocycles. The molecule has 0 bridgehead atoms. The van der Waals surface area contributed by atoms with Gasteiger partial charge < -0.3 is 10.2 Å². The van der Waals surface area contributed by atoms with Crippen LogP contribution >= 0.6 is 11.8 Å². The Morgan fingerprint density at radius 2 is 2.00 bits per heavy atom. The van der Waals surface area contributed by atoms with Crippen molar-refractivity contribution in [2.45, 2.75) is 42.5 Å². The van der Waals surface area contributed by atoms with E-state index in [1.54, 1.807) is 17.8 Å². The van der Waals surface area contributed by atoms with E-state index in [4.69, 9.17) is 0 Å². The highest BCUT2D eigenvalue weighted by atomic mass is 32.2. The lowest BCUT2D eigenvalue weighted by Crippen LogP contribution is -2.58. The largest absolute Gasteiger partial charge is 0.338 e. The van der Waals surface area contributed by atoms with Crippen molar-refractivity contribution >= 4 is 17.7 Å². The Bertz CT molecular complexity index is 839. The number of thioether (sulfide) groups is 1. The smallest absolute Gasteiger partial charge is 0.236 e. The highest BCUT2D eigenvalue weighted by Gasteiger charge is 2.36. The molecule has 2 aliphatic rings. The van der Waals surface area contributed by atoms with Crippen LogP contribution in [0.15, 0.2) is 47.4 Å². The Balaban J connectivity index is 1.81. The van der Waals surface area contributed by atoms with Crippen molar-refractivity contribution in [1.29, 1.82) is 0 Å². The molecule has 2 atom stereocenters. The zero-order valence-electron chi connectivity index (χ0n) is 15.0. The maximum Gasteiger partial charge on any atom is 0.236 e. The molecule has 26 heavy (non-hydrogen) atoms. The molecule has 2 aromatic rings. The molecule has 136 valence electrons. The summed E-state index contributed by atoms with van der Waals surface area (Å²) < 4.78 is 14.1. The van der Waals surface area contributed by atoms with Gasteiger partial charge in [-0.05, 0) is 48.7 Å². The van der Waals surface area contributed by atoms with Crippen LogP contribution in [0.4, 0.5) is 4.39 Å². The van der Waals surface area contributed by atoms with Crippen LogP contribution < -0.4 is 5.32 Å². The summed E-state index contributed by atoms with van der Waals surface area (Å²) in [5.41, 5.74) is 3.55. The fourth-order valence-corrected chi connectivity index (χ4v) is 5.13. The molecule has 1 saturated heterocycles. The molecule has 1 amide bonds. The minimum atomic E-state index is -0.207. The normalized spacial score (nSPS) is 22.8. The second-order valence-electron chi connectivity index (χ2n) is 7.27. The second-order valence-corrected chi connectivity index (χ2v) is 8.29. The number of hydrogen-bond acceptors (Lipinski definition) is 3. The highest BCUT2D eigenvalue weighted by molar-refractivity contribution is 7.98. The standard InChI is InChI=1S/C21H23FN2OS/c1-13(2)24-11-18(23-10-20(24)25)21-16-6-4-3-5-14(16)12-26-19-8-7-15(22)9-17(19)21/h3-9,13,18,21,23H,10-12H2,1-2H3. The van der Waals surface area contributed by atoms with Gasteiger partial charge in [0, 0.05) is 35.2 Å². The molecule has 2 aliphatic heterocycles. The van der Waals surface area contributed by atoms with Gasteiger partial charge in [0.25, 0.3) is 0 Å². The molecule has 5 heteroatoms. The van der Waals surface area contributed by atoms with Crippen LogP contribution in [-0.4, -0.2) is 36.0 Å². The first kappa shape index (κ1) is 17.6. The van der Waals surface area contributed by atoms with Crippen LogP contribution in [0.2, 0.25) is 0 Å². The fourth-order valence-electron chi connectivity index (χ4n) is 4.04. The van der Waals surface area contributed by atoms with Crippen LogP contribution in [-0.2, 0) is 10.5 Å². The fraction of sp³-hybridized carbons (Fsp3) is 0.381. The summed E-state index contributed by atoms with van der Waals surface area (Å²) in [7, 11) is 0. The number of carbonyl (C=O) groups is 1. The third-order valence-corrected chi connectivity index (χ3v) is 6.47. The van der Waals surface area contributed by atoms with Crippen LogP contribution in [0.25, 0.3) is 0 Å². The average Bonchev–Trinajstić information content (AvgIpc) is 2.78. The molecule has 4 rings (SSSR count). The van der Waals surface area contributed by atoms with Crippen molar-refractivity contribution in [3.8, 4) is 0 Å². The summed E-state index contributed by atoms with van der Waals surface area (Å²) in [6.07, 6.45) is 0. The Kier molecular flexibility index (Phi) is 4.76. The van der Waals surface area contributed by atoms with E-state index in [1.807, 2.05) is 24.8 Å². The molecule has 0 spiro atoms. The number of rotatable bonds is 2. The van der Waals surface area contributed by atoms with Gasteiger partial charge in [-0.2, -0.15) is 0 Å². The van der Waals surface area contributed by atoms with Crippen molar-refractivity contribution in [3.63, 3.8) is 0 Å². The summed E-state index contributed by atoms with van der Waals surface area (Å²) >= 11 is 1.76. The monoisotopic (exact) mass is 370 g/mol. The predicted molar refractivity (Wildman–Crippen MR) is 103 cm³/mol. The molecule has 2 unspecified atom stereocenters. The first-order chi connectivity index (χ1) is 12.5. The van der Waals surface area contributed by atoms with Crippen LogP contribution in [0, 0.1) is 5.82 Å². The number of hydrogen-bond donors (Lipinski definition) is 1. The molecule has 0 aliphatic carbocycles. The number of nitrogens with zero attached hydrogens (tertiary/aromatic N) is 1. The van der Waals surface area contributed by atoms with E-state index in [0.29, 0.717) is 13.1 Å². The second kappa shape index (κ2) is 7.05. The van der Waals surface area contributed by atoms with E-state index in [-0.39, 0.29) is 29.7 Å². The van der Waals surface area contributed by atoms with E-state index in [9.17, 15) is 9.18 Å². The molecule has 0 aromatic heterocycles. The van der Waals surface area contributed by atoms with Crippen LogP contribution in [0.3, 0.4) is 0 Å². The molecular weight excluding hydrogens is 347 g/mol. The minimum Gasteiger partial charge on any atom is -0.338 e. The van der Waals surface area contributed by atoms with Gasteiger partial charge in [0.15, 0.2) is 0 Å². The molecule has 2 heterocycles. The Labute approximate surface area is 158 Å². The number of fused-ring (bicyclic) bond motifs is 2. The predicted octanol–water partition coefficient (Wildman–Crippen LogP) is 3.77. The quantitative estimate of drug-likeness (QED) is 0.873. The van der Waals surface area contributed by atoms with Crippen molar-refractivity contribution in [3.05, 3.63) is 65.0 Å². The summed E-state index contributed by atoms with van der Waals surface area (Å²) in [6.45, 7) is 5.06. The van der Waals surface area contributed by atoms with Gasteiger partial charge in [0.1, 0.15) is 5.82 Å². The minimum absolute atomic E-state index is 0.0289. The number of carbonyl (C=O) groups excluding carboxylic acids is 1. The van der Waals surface area contributed by atoms with E-state index in [1.165, 1.54) is 17.2 Å². The van der Waals surface area contributed by atoms with Gasteiger partial charge in [-0.15, -0.1) is 11.8 Å². The number of nitrogens with one attached hydrogen (secondary N) is 1. The van der Waals surface area contributed by atoms with E-state index >= 15 is 0 Å². The Morgan fingerprint density at radius 1 is 1.19 bits per heavy atom. The van der Waals surface area contributed by atoms with Crippen molar-refractivity contribution in [2.24, 2.45) is 0 Å². The summed E-state index contributed by atoms with van der Waals surface area (Å²) in [5.74, 6) is 0.833. The van der Waals surface area contributed by atoms with E-state index in [0.717, 1.165) is 16.2 Å². The van der Waals surface area contributed by atoms with E-state index < -0.39 is 0 Å². The number of halogens is 1. The highest BCUT2D eigenvalue weighted by Crippen LogP contribution is 2.43. The molecule has 1 fully saturated rings. The van der Waals surface area contributed by atoms with Crippen molar-refractivity contribution in [1.82, 2.24) is 10.2 Å². The number of piperazine rings is 1. The first-order valence-electron chi connectivity index (χ1n) is 9.07. The molecule has 3 nitrogen and oxygen atoms in total. The maximum absolute atomic E-state index is 14.1. The van der Waals surface area contributed by atoms with Crippen LogP contribution in [0.1, 0.15) is 36.5 Å². The third kappa shape index (κ3) is 3.14. The van der Waals surface area contributed by atoms with Crippen molar-refractivity contribution < 1.29 is 9.18 Å². The van der Waals surface area contributed by atoms with Gasteiger partial charge in [0.2, 0.25) is 5.91 Å². The molecular formula is C21H23FN2OS. The maximum atomic E-state index is 14.1. The van der Waals surface area contributed by atoms with Gasteiger partial charge in [-0.3, -0.25) is 4.79 Å². The van der Waals surface area contributed by atoms with Gasteiger partial charge in [0.05, 0.1) is 6.54 Å². The lowest BCUT2D eigenvalue weighted by atomic mass is 9.82. The van der Waals surface area contributed by atoms with Gasteiger partial charge >= 0.3 is 0 Å². The SMILES string of the molecule is CC(C)N1CC(C2c3ccccc3CSc3ccc(F)cc32)NCC1=O. The summed E-state index contributed by atoms with van der Waals surface area (Å²) in [4.78, 5) is 15.3. The Morgan fingerprint density at radius 3 is 2.81 bits per heavy atom. The number of benzene rings is 2. The van der Waals surface area contributed by atoms with Gasteiger partial charge in [-0.25, -0.2) is 4.39 Å². The van der Waals surface area contributed by atoms with E-state index in [2.05, 4.69) is 29.6 Å². The molecule has 1 N–H and O–H groups in total. The van der Waals surface area contributed by atoms with Crippen LogP contribution in [0.5, 0.6) is 0 Å². The average molecular weight is 370 g/mol. The number of amides is 1. The van der Waals surface area contributed by atoms with Crippen molar-refractivity contribution in [2.75, 3.05) is 13.1 Å². The third-order valence-electron chi connectivity index (χ3n) is 5.34. The molecule has 0 saturated carbocycles. The first-order valence-corrected chi connectivity index (χ1v) is 10.1. The zero-order valence-corrected chi connectivity index (χ0v) is 15.9. The lowest BCUT2D eigenvalue weighted by Gasteiger charge is -2.40. The summed E-state index contributed by atoms with van der Waals surface area (Å²) in [5, 5.41) is 3.43. The molecule has 0 radical (unpaired) electrons. The Hall–Kier alpha value is -1.85. The lowest BCUT2D eigenvalue weighted by molar-refractivity contribution is -0.134.